The normalized spacial score (nSPS) is 14.6. The van der Waals surface area contributed by atoms with Crippen LogP contribution in [0.2, 0.25) is 0 Å². The minimum Gasteiger partial charge on any atom is -0.232 e. The van der Waals surface area contributed by atoms with Gasteiger partial charge in [-0.05, 0) is 24.0 Å². The summed E-state index contributed by atoms with van der Waals surface area (Å²) in [5.41, 5.74) is 2.33. The third-order valence-electron chi connectivity index (χ3n) is 6.04. The Balaban J connectivity index is 2.19. The summed E-state index contributed by atoms with van der Waals surface area (Å²) >= 11 is 0. The van der Waals surface area contributed by atoms with E-state index in [1.807, 2.05) is 0 Å². The predicted molar refractivity (Wildman–Crippen MR) is 118 cm³/mol. The van der Waals surface area contributed by atoms with Crippen molar-refractivity contribution in [2.45, 2.75) is 90.3 Å². The summed E-state index contributed by atoms with van der Waals surface area (Å²) in [5, 5.41) is 0. The van der Waals surface area contributed by atoms with Gasteiger partial charge in [0.2, 0.25) is 0 Å². The van der Waals surface area contributed by atoms with Crippen molar-refractivity contribution in [1.29, 1.82) is 0 Å². The zero-order valence-corrected chi connectivity index (χ0v) is 18.6. The van der Waals surface area contributed by atoms with Crippen LogP contribution in [-0.4, -0.2) is 12.2 Å². The first-order chi connectivity index (χ1) is 13.3. The molecule has 2 nitrogen and oxygen atoms in total. The Morgan fingerprint density at radius 3 is 1.21 bits per heavy atom. The molecule has 0 aliphatic rings. The average molecular weight is 383 g/mol. The monoisotopic (exact) mass is 382 g/mol. The van der Waals surface area contributed by atoms with E-state index < -0.39 is 0 Å². The highest BCUT2D eigenvalue weighted by atomic mass is 17.2. The SMILES string of the molecule is CCCC(OOC(CCC)C(C)(C)c1ccccc1)C(C)(C)c1ccccc1. The standard InChI is InChI=1S/C26H38O2/c1-7-15-23(25(3,4)21-17-11-9-12-18-21)27-28-24(16-8-2)26(5,6)22-19-13-10-14-20-22/h9-14,17-20,23-24H,7-8,15-16H2,1-6H3. The van der Waals surface area contributed by atoms with E-state index in [-0.39, 0.29) is 23.0 Å². The molecule has 2 aromatic rings. The number of benzene rings is 2. The highest BCUT2D eigenvalue weighted by Crippen LogP contribution is 2.35. The molecule has 0 aromatic heterocycles. The maximum absolute atomic E-state index is 6.22. The van der Waals surface area contributed by atoms with Crippen molar-refractivity contribution in [3.63, 3.8) is 0 Å². The average Bonchev–Trinajstić information content (AvgIpc) is 2.71. The second-order valence-electron chi connectivity index (χ2n) is 8.92. The van der Waals surface area contributed by atoms with Gasteiger partial charge in [-0.2, -0.15) is 0 Å². The second kappa shape index (κ2) is 10.2. The van der Waals surface area contributed by atoms with E-state index in [0.717, 1.165) is 25.7 Å². The molecule has 0 saturated carbocycles. The van der Waals surface area contributed by atoms with Gasteiger partial charge in [0, 0.05) is 10.8 Å². The van der Waals surface area contributed by atoms with E-state index in [1.165, 1.54) is 11.1 Å². The molecule has 28 heavy (non-hydrogen) atoms. The Kier molecular flexibility index (Phi) is 8.27. The first-order valence-corrected chi connectivity index (χ1v) is 10.8. The van der Waals surface area contributed by atoms with Crippen LogP contribution in [0.5, 0.6) is 0 Å². The highest BCUT2D eigenvalue weighted by Gasteiger charge is 2.37. The van der Waals surface area contributed by atoms with Gasteiger partial charge < -0.3 is 0 Å². The molecular formula is C26H38O2. The molecule has 0 amide bonds. The second-order valence-corrected chi connectivity index (χ2v) is 8.92. The first kappa shape index (κ1) is 22.6. The van der Waals surface area contributed by atoms with Crippen LogP contribution in [0.15, 0.2) is 60.7 Å². The molecule has 2 atom stereocenters. The van der Waals surface area contributed by atoms with Crippen LogP contribution in [0.1, 0.15) is 78.4 Å². The fourth-order valence-corrected chi connectivity index (χ4v) is 3.82. The van der Waals surface area contributed by atoms with Crippen LogP contribution in [0, 0.1) is 0 Å². The summed E-state index contributed by atoms with van der Waals surface area (Å²) in [5.74, 6) is 0. The molecule has 0 heterocycles. The van der Waals surface area contributed by atoms with E-state index >= 15 is 0 Å². The maximum atomic E-state index is 6.22. The van der Waals surface area contributed by atoms with Crippen LogP contribution >= 0.6 is 0 Å². The van der Waals surface area contributed by atoms with Crippen LogP contribution < -0.4 is 0 Å². The fraction of sp³-hybridized carbons (Fsp3) is 0.538. The Morgan fingerprint density at radius 1 is 0.607 bits per heavy atom. The van der Waals surface area contributed by atoms with Crippen LogP contribution in [-0.2, 0) is 20.6 Å². The molecule has 0 N–H and O–H groups in total. The first-order valence-electron chi connectivity index (χ1n) is 10.8. The van der Waals surface area contributed by atoms with Gasteiger partial charge in [-0.3, -0.25) is 0 Å². The predicted octanol–water partition coefficient (Wildman–Crippen LogP) is 7.23. The summed E-state index contributed by atoms with van der Waals surface area (Å²) in [7, 11) is 0. The lowest BCUT2D eigenvalue weighted by Gasteiger charge is -2.38. The van der Waals surface area contributed by atoms with E-state index in [9.17, 15) is 0 Å². The summed E-state index contributed by atoms with van der Waals surface area (Å²) < 4.78 is 0. The quantitative estimate of drug-likeness (QED) is 0.301. The van der Waals surface area contributed by atoms with Gasteiger partial charge in [-0.25, -0.2) is 9.78 Å². The molecule has 2 heteroatoms. The largest absolute Gasteiger partial charge is 0.232 e. The van der Waals surface area contributed by atoms with E-state index in [2.05, 4.69) is 102 Å². The van der Waals surface area contributed by atoms with Gasteiger partial charge in [0.15, 0.2) is 0 Å². The van der Waals surface area contributed by atoms with Gasteiger partial charge in [0.05, 0.1) is 0 Å². The minimum atomic E-state index is -0.120. The number of hydrogen-bond donors (Lipinski definition) is 0. The molecular weight excluding hydrogens is 344 g/mol. The van der Waals surface area contributed by atoms with Crippen molar-refractivity contribution in [3.8, 4) is 0 Å². The molecule has 2 aromatic carbocycles. The molecule has 2 rings (SSSR count). The molecule has 0 aliphatic carbocycles. The van der Waals surface area contributed by atoms with Gasteiger partial charge in [-0.1, -0.05) is 115 Å². The highest BCUT2D eigenvalue weighted by molar-refractivity contribution is 5.26. The van der Waals surface area contributed by atoms with E-state index in [1.54, 1.807) is 0 Å². The molecule has 0 fully saturated rings. The van der Waals surface area contributed by atoms with Crippen molar-refractivity contribution < 1.29 is 9.78 Å². The summed E-state index contributed by atoms with van der Waals surface area (Å²) in [6.07, 6.45) is 4.06. The third kappa shape index (κ3) is 5.46. The van der Waals surface area contributed by atoms with Gasteiger partial charge in [0.1, 0.15) is 12.2 Å². The number of rotatable bonds is 11. The van der Waals surface area contributed by atoms with Gasteiger partial charge in [0.25, 0.3) is 0 Å². The van der Waals surface area contributed by atoms with Crippen molar-refractivity contribution in [1.82, 2.24) is 0 Å². The lowest BCUT2D eigenvalue weighted by Crippen LogP contribution is -2.41. The Labute approximate surface area is 172 Å². The molecule has 2 unspecified atom stereocenters. The van der Waals surface area contributed by atoms with Gasteiger partial charge in [-0.15, -0.1) is 0 Å². The molecule has 0 saturated heterocycles. The third-order valence-corrected chi connectivity index (χ3v) is 6.04. The minimum absolute atomic E-state index is 0.00540. The Hall–Kier alpha value is -1.64. The van der Waals surface area contributed by atoms with Crippen molar-refractivity contribution in [2.75, 3.05) is 0 Å². The Morgan fingerprint density at radius 2 is 0.929 bits per heavy atom. The molecule has 0 spiro atoms. The summed E-state index contributed by atoms with van der Waals surface area (Å²) in [6, 6.07) is 21.2. The number of hydrogen-bond acceptors (Lipinski definition) is 2. The van der Waals surface area contributed by atoms with Crippen molar-refractivity contribution in [3.05, 3.63) is 71.8 Å². The summed E-state index contributed by atoms with van der Waals surface area (Å²) in [6.45, 7) is 13.4. The van der Waals surface area contributed by atoms with Crippen LogP contribution in [0.25, 0.3) is 0 Å². The summed E-state index contributed by atoms with van der Waals surface area (Å²) in [4.78, 5) is 12.4. The molecule has 154 valence electrons. The fourth-order valence-electron chi connectivity index (χ4n) is 3.82. The Bertz CT molecular complexity index is 615. The molecule has 0 aliphatic heterocycles. The lowest BCUT2D eigenvalue weighted by molar-refractivity contribution is -0.371. The molecule has 0 radical (unpaired) electrons. The smallest absolute Gasteiger partial charge is 0.102 e. The zero-order chi connectivity index (χ0) is 20.6. The van der Waals surface area contributed by atoms with Crippen molar-refractivity contribution in [2.24, 2.45) is 0 Å². The molecule has 0 bridgehead atoms. The van der Waals surface area contributed by atoms with Crippen molar-refractivity contribution >= 4 is 0 Å². The van der Waals surface area contributed by atoms with Crippen LogP contribution in [0.4, 0.5) is 0 Å². The zero-order valence-electron chi connectivity index (χ0n) is 18.6. The lowest BCUT2D eigenvalue weighted by atomic mass is 9.77. The topological polar surface area (TPSA) is 18.5 Å². The van der Waals surface area contributed by atoms with E-state index in [4.69, 9.17) is 9.78 Å². The van der Waals surface area contributed by atoms with Gasteiger partial charge >= 0.3 is 0 Å². The van der Waals surface area contributed by atoms with E-state index in [0.29, 0.717) is 0 Å². The maximum Gasteiger partial charge on any atom is 0.102 e. The van der Waals surface area contributed by atoms with Crippen LogP contribution in [0.3, 0.4) is 0 Å².